The molecule has 0 aromatic heterocycles. The Morgan fingerprint density at radius 3 is 2.29 bits per heavy atom. The summed E-state index contributed by atoms with van der Waals surface area (Å²) < 4.78 is 0. The quantitative estimate of drug-likeness (QED) is 0.519. The van der Waals surface area contributed by atoms with Crippen LogP contribution in [0.5, 0.6) is 0 Å². The van der Waals surface area contributed by atoms with Crippen LogP contribution >= 0.6 is 11.8 Å². The standard InChI is InChI=1S/C4H11NOS/c1-3-7-4(2,5)6/h6H,3,5H2,1-2H3. The van der Waals surface area contributed by atoms with Crippen LogP contribution in [-0.2, 0) is 0 Å². The van der Waals surface area contributed by atoms with E-state index < -0.39 is 5.06 Å². The average Bonchev–Trinajstić information content (AvgIpc) is 1.30. The van der Waals surface area contributed by atoms with Gasteiger partial charge in [-0.25, -0.2) is 0 Å². The van der Waals surface area contributed by atoms with Gasteiger partial charge in [-0.3, -0.25) is 5.73 Å². The highest BCUT2D eigenvalue weighted by Crippen LogP contribution is 2.12. The lowest BCUT2D eigenvalue weighted by Crippen LogP contribution is -2.31. The zero-order chi connectivity index (χ0) is 5.91. The molecule has 0 aliphatic rings. The van der Waals surface area contributed by atoms with Crippen LogP contribution in [-0.4, -0.2) is 15.9 Å². The molecule has 44 valence electrons. The third-order valence-corrected chi connectivity index (χ3v) is 1.31. The molecule has 0 saturated carbocycles. The molecule has 1 atom stereocenters. The average molecular weight is 121 g/mol. The molecule has 3 N–H and O–H groups in total. The zero-order valence-corrected chi connectivity index (χ0v) is 5.46. The maximum atomic E-state index is 8.76. The predicted molar refractivity (Wildman–Crippen MR) is 32.9 cm³/mol. The molecule has 0 fully saturated rings. The van der Waals surface area contributed by atoms with Crippen molar-refractivity contribution in [2.45, 2.75) is 18.9 Å². The maximum Gasteiger partial charge on any atom is 0.158 e. The molecule has 0 saturated heterocycles. The van der Waals surface area contributed by atoms with Crippen LogP contribution in [0.3, 0.4) is 0 Å². The molecule has 7 heavy (non-hydrogen) atoms. The normalized spacial score (nSPS) is 18.9. The first-order valence-corrected chi connectivity index (χ1v) is 3.20. The topological polar surface area (TPSA) is 46.2 Å². The summed E-state index contributed by atoms with van der Waals surface area (Å²) in [6, 6.07) is 0. The highest BCUT2D eigenvalue weighted by Gasteiger charge is 2.09. The van der Waals surface area contributed by atoms with E-state index in [0.29, 0.717) is 0 Å². The van der Waals surface area contributed by atoms with E-state index in [1.54, 1.807) is 6.92 Å². The van der Waals surface area contributed by atoms with E-state index in [1.807, 2.05) is 6.92 Å². The first-order chi connectivity index (χ1) is 3.06. The van der Waals surface area contributed by atoms with Crippen molar-refractivity contribution in [3.63, 3.8) is 0 Å². The summed E-state index contributed by atoms with van der Waals surface area (Å²) in [5.41, 5.74) is 5.16. The van der Waals surface area contributed by atoms with Gasteiger partial charge in [0.1, 0.15) is 0 Å². The second kappa shape index (κ2) is 2.55. The fraction of sp³-hybridized carbons (Fsp3) is 1.00. The second-order valence-electron chi connectivity index (χ2n) is 1.49. The molecule has 1 unspecified atom stereocenters. The molecule has 0 heterocycles. The Labute approximate surface area is 48.1 Å². The molecular weight excluding hydrogens is 110 g/mol. The number of aliphatic hydroxyl groups is 1. The van der Waals surface area contributed by atoms with Gasteiger partial charge in [-0.05, 0) is 12.7 Å². The third kappa shape index (κ3) is 6.27. The van der Waals surface area contributed by atoms with Gasteiger partial charge in [0.25, 0.3) is 0 Å². The lowest BCUT2D eigenvalue weighted by Gasteiger charge is -2.13. The van der Waals surface area contributed by atoms with Gasteiger partial charge in [0.15, 0.2) is 5.06 Å². The number of nitrogens with two attached hydrogens (primary N) is 1. The molecule has 0 aromatic carbocycles. The van der Waals surface area contributed by atoms with E-state index in [0.717, 1.165) is 5.75 Å². The Morgan fingerprint density at radius 1 is 1.86 bits per heavy atom. The maximum absolute atomic E-state index is 8.76. The lowest BCUT2D eigenvalue weighted by atomic mass is 10.7. The SMILES string of the molecule is CCSC(C)(N)O. The minimum atomic E-state index is -1.03. The number of hydrogen-bond acceptors (Lipinski definition) is 3. The van der Waals surface area contributed by atoms with Crippen molar-refractivity contribution in [1.29, 1.82) is 0 Å². The van der Waals surface area contributed by atoms with E-state index in [2.05, 4.69) is 0 Å². The molecule has 0 radical (unpaired) electrons. The van der Waals surface area contributed by atoms with Crippen molar-refractivity contribution in [2.75, 3.05) is 5.75 Å². The van der Waals surface area contributed by atoms with Gasteiger partial charge in [0, 0.05) is 0 Å². The summed E-state index contributed by atoms with van der Waals surface area (Å²) >= 11 is 1.32. The minimum Gasteiger partial charge on any atom is -0.367 e. The van der Waals surface area contributed by atoms with Gasteiger partial charge in [0.05, 0.1) is 0 Å². The molecule has 0 rings (SSSR count). The van der Waals surface area contributed by atoms with Gasteiger partial charge in [0.2, 0.25) is 0 Å². The lowest BCUT2D eigenvalue weighted by molar-refractivity contribution is 0.166. The molecule has 0 aliphatic carbocycles. The van der Waals surface area contributed by atoms with Crippen LogP contribution in [0.2, 0.25) is 0 Å². The van der Waals surface area contributed by atoms with Crippen LogP contribution < -0.4 is 5.73 Å². The Hall–Kier alpha value is 0.270. The third-order valence-electron chi connectivity index (χ3n) is 0.437. The van der Waals surface area contributed by atoms with Crippen molar-refractivity contribution in [2.24, 2.45) is 5.73 Å². The first-order valence-electron chi connectivity index (χ1n) is 2.21. The largest absolute Gasteiger partial charge is 0.367 e. The summed E-state index contributed by atoms with van der Waals surface area (Å²) in [6.07, 6.45) is 0. The second-order valence-corrected chi connectivity index (χ2v) is 3.18. The van der Waals surface area contributed by atoms with Crippen molar-refractivity contribution in [1.82, 2.24) is 0 Å². The molecule has 0 amide bonds. The molecule has 0 aliphatic heterocycles. The fourth-order valence-electron chi connectivity index (χ4n) is 0.292. The van der Waals surface area contributed by atoms with Crippen molar-refractivity contribution in [3.8, 4) is 0 Å². The highest BCUT2D eigenvalue weighted by atomic mass is 32.2. The van der Waals surface area contributed by atoms with E-state index in [-0.39, 0.29) is 0 Å². The zero-order valence-electron chi connectivity index (χ0n) is 4.64. The number of hydrogen-bond donors (Lipinski definition) is 2. The predicted octanol–water partition coefficient (Wildman–Crippen LogP) is 0.364. The summed E-state index contributed by atoms with van der Waals surface area (Å²) in [6.45, 7) is 3.52. The van der Waals surface area contributed by atoms with Gasteiger partial charge < -0.3 is 5.11 Å². The van der Waals surface area contributed by atoms with Crippen LogP contribution in [0, 0.1) is 0 Å². The Balaban J connectivity index is 3.15. The van der Waals surface area contributed by atoms with E-state index >= 15 is 0 Å². The number of thioether (sulfide) groups is 1. The molecule has 0 aromatic rings. The monoisotopic (exact) mass is 121 g/mol. The Morgan fingerprint density at radius 2 is 2.29 bits per heavy atom. The molecule has 0 bridgehead atoms. The summed E-state index contributed by atoms with van der Waals surface area (Å²) in [7, 11) is 0. The van der Waals surface area contributed by atoms with Crippen molar-refractivity contribution in [3.05, 3.63) is 0 Å². The molecule has 0 spiro atoms. The van der Waals surface area contributed by atoms with E-state index in [9.17, 15) is 0 Å². The van der Waals surface area contributed by atoms with Gasteiger partial charge in [-0.1, -0.05) is 6.92 Å². The van der Waals surface area contributed by atoms with Crippen molar-refractivity contribution >= 4 is 11.8 Å². The summed E-state index contributed by atoms with van der Waals surface area (Å²) in [5.74, 6) is 0.851. The molecule has 2 nitrogen and oxygen atoms in total. The minimum absolute atomic E-state index is 0.851. The van der Waals surface area contributed by atoms with Crippen LogP contribution in [0.15, 0.2) is 0 Å². The van der Waals surface area contributed by atoms with Crippen LogP contribution in [0.1, 0.15) is 13.8 Å². The van der Waals surface area contributed by atoms with Gasteiger partial charge in [-0.15, -0.1) is 11.8 Å². The fourth-order valence-corrected chi connectivity index (χ4v) is 0.877. The summed E-state index contributed by atoms with van der Waals surface area (Å²) in [4.78, 5) is 0. The molecular formula is C4H11NOS. The van der Waals surface area contributed by atoms with Gasteiger partial charge in [-0.2, -0.15) is 0 Å². The van der Waals surface area contributed by atoms with Crippen molar-refractivity contribution < 1.29 is 5.11 Å². The first kappa shape index (κ1) is 7.27. The van der Waals surface area contributed by atoms with E-state index in [1.165, 1.54) is 11.8 Å². The van der Waals surface area contributed by atoms with Crippen LogP contribution in [0.25, 0.3) is 0 Å². The van der Waals surface area contributed by atoms with Crippen LogP contribution in [0.4, 0.5) is 0 Å². The number of rotatable bonds is 2. The van der Waals surface area contributed by atoms with E-state index in [4.69, 9.17) is 10.8 Å². The molecule has 3 heteroatoms. The Kier molecular flexibility index (Phi) is 2.64. The Bertz CT molecular complexity index is 50.1. The highest BCUT2D eigenvalue weighted by molar-refractivity contribution is 8.00. The summed E-state index contributed by atoms with van der Waals surface area (Å²) in [5, 5.41) is 7.73. The smallest absolute Gasteiger partial charge is 0.158 e. The van der Waals surface area contributed by atoms with Gasteiger partial charge >= 0.3 is 0 Å².